The fourth-order valence-electron chi connectivity index (χ4n) is 4.49. The summed E-state index contributed by atoms with van der Waals surface area (Å²) in [6, 6.07) is 8.77. The molecule has 0 saturated carbocycles. The van der Waals surface area contributed by atoms with Crippen molar-refractivity contribution in [2.24, 2.45) is 17.1 Å². The summed E-state index contributed by atoms with van der Waals surface area (Å²) in [5, 5.41) is 0. The maximum Gasteiger partial charge on any atom is 0.230 e. The van der Waals surface area contributed by atoms with E-state index in [1.807, 2.05) is 0 Å². The molecule has 1 saturated heterocycles. The first-order chi connectivity index (χ1) is 12.1. The van der Waals surface area contributed by atoms with Crippen LogP contribution in [-0.2, 0) is 11.2 Å². The van der Waals surface area contributed by atoms with E-state index in [0.717, 1.165) is 51.9 Å². The standard InChI is InChI=1S/C21H33N3O.2ClH/c1-3-21(4-2,16-22)20(25)23-12-9-17(10-13-23)15-24-14-11-18-7-5-6-8-19(18)24;;/h5-8,17H,3-4,9-16,22H2,1-2H3;2*1H. The van der Waals surface area contributed by atoms with Crippen LogP contribution in [0.3, 0.4) is 0 Å². The number of benzene rings is 1. The molecular weight excluding hydrogens is 381 g/mol. The summed E-state index contributed by atoms with van der Waals surface area (Å²) in [5.41, 5.74) is 8.51. The van der Waals surface area contributed by atoms with Gasteiger partial charge >= 0.3 is 0 Å². The minimum absolute atomic E-state index is 0. The molecule has 0 atom stereocenters. The molecule has 0 aromatic heterocycles. The van der Waals surface area contributed by atoms with E-state index in [-0.39, 0.29) is 36.1 Å². The largest absolute Gasteiger partial charge is 0.371 e. The van der Waals surface area contributed by atoms with Crippen LogP contribution in [0.15, 0.2) is 24.3 Å². The van der Waals surface area contributed by atoms with Gasteiger partial charge < -0.3 is 15.5 Å². The van der Waals surface area contributed by atoms with Gasteiger partial charge in [-0.15, -0.1) is 24.8 Å². The minimum Gasteiger partial charge on any atom is -0.371 e. The summed E-state index contributed by atoms with van der Waals surface area (Å²) >= 11 is 0. The summed E-state index contributed by atoms with van der Waals surface area (Å²) in [6.07, 6.45) is 5.06. The lowest BCUT2D eigenvalue weighted by Gasteiger charge is -2.40. The Morgan fingerprint density at radius 2 is 1.74 bits per heavy atom. The molecule has 0 bridgehead atoms. The summed E-state index contributed by atoms with van der Waals surface area (Å²) in [6.45, 7) is 8.69. The number of anilines is 1. The van der Waals surface area contributed by atoms with E-state index in [0.29, 0.717) is 12.5 Å². The van der Waals surface area contributed by atoms with Gasteiger partial charge in [0.2, 0.25) is 5.91 Å². The molecular formula is C21H35Cl2N3O. The first-order valence-corrected chi connectivity index (χ1v) is 9.96. The summed E-state index contributed by atoms with van der Waals surface area (Å²) in [5.74, 6) is 0.968. The van der Waals surface area contributed by atoms with Crippen molar-refractivity contribution in [1.82, 2.24) is 4.90 Å². The van der Waals surface area contributed by atoms with E-state index in [9.17, 15) is 4.79 Å². The molecule has 2 N–H and O–H groups in total. The van der Waals surface area contributed by atoms with Gasteiger partial charge in [-0.3, -0.25) is 4.79 Å². The van der Waals surface area contributed by atoms with E-state index < -0.39 is 0 Å². The molecule has 2 aliphatic heterocycles. The van der Waals surface area contributed by atoms with Crippen molar-refractivity contribution < 1.29 is 4.79 Å². The zero-order valence-corrected chi connectivity index (χ0v) is 18.3. The van der Waals surface area contributed by atoms with Crippen LogP contribution in [0.1, 0.15) is 45.1 Å². The van der Waals surface area contributed by atoms with Crippen molar-refractivity contribution in [3.63, 3.8) is 0 Å². The Morgan fingerprint density at radius 3 is 2.33 bits per heavy atom. The highest BCUT2D eigenvalue weighted by Crippen LogP contribution is 2.32. The van der Waals surface area contributed by atoms with E-state index in [2.05, 4.69) is 47.9 Å². The average molecular weight is 416 g/mol. The van der Waals surface area contributed by atoms with Crippen LogP contribution in [0.5, 0.6) is 0 Å². The summed E-state index contributed by atoms with van der Waals surface area (Å²) in [4.78, 5) is 17.6. The second-order valence-electron chi connectivity index (χ2n) is 7.75. The number of para-hydroxylation sites is 1. The predicted molar refractivity (Wildman–Crippen MR) is 118 cm³/mol. The van der Waals surface area contributed by atoms with E-state index in [1.165, 1.54) is 17.7 Å². The molecule has 1 amide bonds. The quantitative estimate of drug-likeness (QED) is 0.765. The highest BCUT2D eigenvalue weighted by Gasteiger charge is 2.38. The Bertz CT molecular complexity index is 591. The number of hydrogen-bond donors (Lipinski definition) is 1. The molecule has 2 aliphatic rings. The molecule has 154 valence electrons. The van der Waals surface area contributed by atoms with Gasteiger partial charge in [-0.05, 0) is 49.7 Å². The lowest BCUT2D eigenvalue weighted by molar-refractivity contribution is -0.143. The van der Waals surface area contributed by atoms with Gasteiger partial charge in [-0.25, -0.2) is 0 Å². The molecule has 2 heterocycles. The zero-order valence-electron chi connectivity index (χ0n) is 16.7. The van der Waals surface area contributed by atoms with E-state index in [4.69, 9.17) is 5.73 Å². The fraction of sp³-hybridized carbons (Fsp3) is 0.667. The number of piperidine rings is 1. The topological polar surface area (TPSA) is 49.6 Å². The van der Waals surface area contributed by atoms with Crippen molar-refractivity contribution in [2.75, 3.05) is 37.6 Å². The molecule has 0 unspecified atom stereocenters. The van der Waals surface area contributed by atoms with Crippen molar-refractivity contribution in [3.05, 3.63) is 29.8 Å². The monoisotopic (exact) mass is 415 g/mol. The minimum atomic E-state index is -0.346. The number of amides is 1. The number of halogens is 2. The third kappa shape index (κ3) is 4.90. The van der Waals surface area contributed by atoms with Gasteiger partial charge in [0.1, 0.15) is 0 Å². The maximum absolute atomic E-state index is 13.0. The molecule has 1 aromatic rings. The average Bonchev–Trinajstić information content (AvgIpc) is 3.07. The van der Waals surface area contributed by atoms with Crippen molar-refractivity contribution in [1.29, 1.82) is 0 Å². The smallest absolute Gasteiger partial charge is 0.230 e. The van der Waals surface area contributed by atoms with Crippen molar-refractivity contribution in [3.8, 4) is 0 Å². The van der Waals surface area contributed by atoms with Gasteiger partial charge in [0, 0.05) is 38.4 Å². The maximum atomic E-state index is 13.0. The number of carbonyl (C=O) groups is 1. The molecule has 4 nitrogen and oxygen atoms in total. The number of likely N-dealkylation sites (tertiary alicyclic amines) is 1. The van der Waals surface area contributed by atoms with Crippen LogP contribution < -0.4 is 10.6 Å². The number of nitrogens with two attached hydrogens (primary N) is 1. The van der Waals surface area contributed by atoms with Gasteiger partial charge in [0.05, 0.1) is 5.41 Å². The van der Waals surface area contributed by atoms with Gasteiger partial charge in [0.25, 0.3) is 0 Å². The molecule has 27 heavy (non-hydrogen) atoms. The Kier molecular flexibility index (Phi) is 9.40. The second kappa shape index (κ2) is 10.5. The van der Waals surface area contributed by atoms with Crippen LogP contribution in [0.25, 0.3) is 0 Å². The first kappa shape index (κ1) is 24.1. The predicted octanol–water partition coefficient (Wildman–Crippen LogP) is 3.90. The van der Waals surface area contributed by atoms with Crippen LogP contribution >= 0.6 is 24.8 Å². The highest BCUT2D eigenvalue weighted by molar-refractivity contribution is 5.85. The molecule has 0 spiro atoms. The van der Waals surface area contributed by atoms with Gasteiger partial charge in [0.15, 0.2) is 0 Å². The third-order valence-electron chi connectivity index (χ3n) is 6.56. The third-order valence-corrected chi connectivity index (χ3v) is 6.56. The Hall–Kier alpha value is -0.970. The number of nitrogens with zero attached hydrogens (tertiary/aromatic N) is 2. The van der Waals surface area contributed by atoms with E-state index >= 15 is 0 Å². The highest BCUT2D eigenvalue weighted by atomic mass is 35.5. The summed E-state index contributed by atoms with van der Waals surface area (Å²) < 4.78 is 0. The molecule has 0 radical (unpaired) electrons. The van der Waals surface area contributed by atoms with Gasteiger partial charge in [-0.1, -0.05) is 32.0 Å². The van der Waals surface area contributed by atoms with Crippen LogP contribution in [0.4, 0.5) is 5.69 Å². The van der Waals surface area contributed by atoms with Crippen molar-refractivity contribution >= 4 is 36.4 Å². The van der Waals surface area contributed by atoms with Crippen LogP contribution in [0, 0.1) is 11.3 Å². The van der Waals surface area contributed by atoms with Crippen LogP contribution in [-0.4, -0.2) is 43.5 Å². The normalized spacial score (nSPS) is 17.1. The Balaban J connectivity index is 0.00000182. The lowest BCUT2D eigenvalue weighted by Crippen LogP contribution is -2.50. The Morgan fingerprint density at radius 1 is 1.11 bits per heavy atom. The number of hydrogen-bond acceptors (Lipinski definition) is 3. The molecule has 1 fully saturated rings. The number of carbonyl (C=O) groups excluding carboxylic acids is 1. The first-order valence-electron chi connectivity index (χ1n) is 9.96. The molecule has 1 aromatic carbocycles. The Labute approximate surface area is 176 Å². The van der Waals surface area contributed by atoms with Crippen LogP contribution in [0.2, 0.25) is 0 Å². The number of rotatable bonds is 6. The SMILES string of the molecule is CCC(CC)(CN)C(=O)N1CCC(CN2CCc3ccccc32)CC1.Cl.Cl. The van der Waals surface area contributed by atoms with E-state index in [1.54, 1.807) is 0 Å². The van der Waals surface area contributed by atoms with Crippen molar-refractivity contribution in [2.45, 2.75) is 46.0 Å². The zero-order chi connectivity index (χ0) is 17.9. The molecule has 6 heteroatoms. The molecule has 0 aliphatic carbocycles. The van der Waals surface area contributed by atoms with Gasteiger partial charge in [-0.2, -0.15) is 0 Å². The molecule has 3 rings (SSSR count). The fourth-order valence-corrected chi connectivity index (χ4v) is 4.49. The summed E-state index contributed by atoms with van der Waals surface area (Å²) in [7, 11) is 0. The lowest BCUT2D eigenvalue weighted by atomic mass is 9.80. The number of fused-ring (bicyclic) bond motifs is 1. The second-order valence-corrected chi connectivity index (χ2v) is 7.75.